The van der Waals surface area contributed by atoms with Gasteiger partial charge in [-0.2, -0.15) is 0 Å². The molecule has 1 N–H and O–H groups in total. The van der Waals surface area contributed by atoms with E-state index in [1.807, 2.05) is 0 Å². The fraction of sp³-hybridized carbons (Fsp3) is 0.905. The Morgan fingerprint density at radius 1 is 0.917 bits per heavy atom. The molecule has 0 heterocycles. The van der Waals surface area contributed by atoms with Crippen molar-refractivity contribution in [1.29, 1.82) is 0 Å². The van der Waals surface area contributed by atoms with Gasteiger partial charge in [0.25, 0.3) is 0 Å². The zero-order valence-corrected chi connectivity index (χ0v) is 21.7. The molecular weight excluding hydrogens is 415 g/mol. The first-order valence-electron chi connectivity index (χ1n) is 10.6. The average Bonchev–Trinajstić information content (AvgIpc) is 2.52. The molecular formula is C21H46OSiSn. The molecule has 0 radical (unpaired) electrons. The Balaban J connectivity index is 5.19. The molecule has 1 nitrogen and oxygen atoms in total. The van der Waals surface area contributed by atoms with Gasteiger partial charge in [-0.3, -0.25) is 0 Å². The van der Waals surface area contributed by atoms with E-state index >= 15 is 0 Å². The molecule has 3 heteroatoms. The summed E-state index contributed by atoms with van der Waals surface area (Å²) in [4.78, 5) is 0. The molecule has 1 atom stereocenters. The molecule has 0 aromatic carbocycles. The van der Waals surface area contributed by atoms with Crippen LogP contribution in [0, 0.1) is 0 Å². The molecule has 1 unspecified atom stereocenters. The minimum atomic E-state index is -2.27. The Morgan fingerprint density at radius 2 is 1.33 bits per heavy atom. The summed E-state index contributed by atoms with van der Waals surface area (Å²) in [5, 5.41) is 10.6. The van der Waals surface area contributed by atoms with E-state index in [4.69, 9.17) is 0 Å². The molecule has 0 aliphatic carbocycles. The van der Waals surface area contributed by atoms with Crippen molar-refractivity contribution < 1.29 is 5.11 Å². The number of aliphatic hydroxyl groups excluding tert-OH is 1. The van der Waals surface area contributed by atoms with E-state index in [-0.39, 0.29) is 6.10 Å². The van der Waals surface area contributed by atoms with Crippen LogP contribution in [0.3, 0.4) is 0 Å². The normalized spacial score (nSPS) is 14.9. The number of unbranched alkanes of at least 4 members (excludes halogenated alkanes) is 3. The van der Waals surface area contributed by atoms with Gasteiger partial charge in [0, 0.05) is 0 Å². The Morgan fingerprint density at radius 3 is 1.67 bits per heavy atom. The van der Waals surface area contributed by atoms with Gasteiger partial charge in [0.05, 0.1) is 0 Å². The van der Waals surface area contributed by atoms with Gasteiger partial charge >= 0.3 is 159 Å². The van der Waals surface area contributed by atoms with Gasteiger partial charge < -0.3 is 0 Å². The van der Waals surface area contributed by atoms with Crippen molar-refractivity contribution in [2.24, 2.45) is 0 Å². The molecule has 144 valence electrons. The van der Waals surface area contributed by atoms with Crippen molar-refractivity contribution in [3.8, 4) is 0 Å². The summed E-state index contributed by atoms with van der Waals surface area (Å²) >= 11 is -2.27. The van der Waals surface area contributed by atoms with Crippen LogP contribution in [-0.4, -0.2) is 37.7 Å². The molecule has 0 spiro atoms. The summed E-state index contributed by atoms with van der Waals surface area (Å²) in [5.74, 6) is 0. The molecule has 0 aromatic rings. The molecule has 0 saturated carbocycles. The van der Waals surface area contributed by atoms with E-state index in [2.05, 4.69) is 53.4 Å². The van der Waals surface area contributed by atoms with E-state index in [1.165, 1.54) is 57.9 Å². The van der Waals surface area contributed by atoms with Crippen molar-refractivity contribution >= 4 is 26.5 Å². The topological polar surface area (TPSA) is 20.2 Å². The number of allylic oxidation sites excluding steroid dienone is 1. The van der Waals surface area contributed by atoms with E-state index < -0.39 is 26.5 Å². The Labute approximate surface area is 158 Å². The Kier molecular flexibility index (Phi) is 13.4. The summed E-state index contributed by atoms with van der Waals surface area (Å²) in [5.41, 5.74) is 0. The first-order chi connectivity index (χ1) is 11.2. The van der Waals surface area contributed by atoms with Crippen LogP contribution in [0.25, 0.3) is 0 Å². The van der Waals surface area contributed by atoms with Gasteiger partial charge in [-0.1, -0.05) is 0 Å². The summed E-state index contributed by atoms with van der Waals surface area (Å²) in [6.07, 6.45) is 11.3. The third-order valence-corrected chi connectivity index (χ3v) is 23.8. The third-order valence-electron chi connectivity index (χ3n) is 5.50. The number of rotatable bonds is 14. The van der Waals surface area contributed by atoms with Gasteiger partial charge in [0.1, 0.15) is 0 Å². The maximum absolute atomic E-state index is 10.6. The molecule has 0 aliphatic rings. The van der Waals surface area contributed by atoms with Crippen LogP contribution in [0.4, 0.5) is 0 Å². The Hall–Kier alpha value is 0.716. The number of hydrogen-bond donors (Lipinski definition) is 1. The zero-order valence-electron chi connectivity index (χ0n) is 17.9. The second kappa shape index (κ2) is 13.0. The van der Waals surface area contributed by atoms with Crippen LogP contribution < -0.4 is 0 Å². The average molecular weight is 461 g/mol. The predicted molar refractivity (Wildman–Crippen MR) is 117 cm³/mol. The second-order valence-corrected chi connectivity index (χ2v) is 28.6. The fourth-order valence-corrected chi connectivity index (χ4v) is 20.7. The van der Waals surface area contributed by atoms with E-state index in [9.17, 15) is 5.11 Å². The minimum absolute atomic E-state index is 0.197. The SMILES string of the molecule is CCC[CH2][Sn]([CH2]CCC)([CH2]CCC)/[C](C)=C/C(O)CC[Si](C)(C)C. The predicted octanol–water partition coefficient (Wildman–Crippen LogP) is 7.41. The van der Waals surface area contributed by atoms with Crippen molar-refractivity contribution in [3.63, 3.8) is 0 Å². The molecule has 0 aliphatic heterocycles. The van der Waals surface area contributed by atoms with E-state index in [0.717, 1.165) is 6.42 Å². The van der Waals surface area contributed by atoms with Crippen molar-refractivity contribution in [2.75, 3.05) is 0 Å². The van der Waals surface area contributed by atoms with Crippen molar-refractivity contribution in [1.82, 2.24) is 0 Å². The van der Waals surface area contributed by atoms with Crippen LogP contribution in [-0.2, 0) is 0 Å². The van der Waals surface area contributed by atoms with Crippen molar-refractivity contribution in [2.45, 2.75) is 118 Å². The first kappa shape index (κ1) is 24.7. The molecule has 24 heavy (non-hydrogen) atoms. The fourth-order valence-electron chi connectivity index (χ4n) is 3.64. The van der Waals surface area contributed by atoms with Gasteiger partial charge in [-0.25, -0.2) is 0 Å². The van der Waals surface area contributed by atoms with Crippen molar-refractivity contribution in [3.05, 3.63) is 9.67 Å². The molecule has 0 bridgehead atoms. The van der Waals surface area contributed by atoms with Gasteiger partial charge in [-0.15, -0.1) is 0 Å². The monoisotopic (exact) mass is 462 g/mol. The molecule has 0 saturated heterocycles. The summed E-state index contributed by atoms with van der Waals surface area (Å²) in [6.45, 7) is 16.6. The standard InChI is InChI=1S/C9H19OSi.3C4H9.Sn/c1-5-6-9(10)7-8-11(2,3)4;3*1-3-4-2;/h6,9-10H,7-8H2,1-4H3;3*1,3-4H2,2H3;. The van der Waals surface area contributed by atoms with E-state index in [1.54, 1.807) is 3.59 Å². The quantitative estimate of drug-likeness (QED) is 0.267. The van der Waals surface area contributed by atoms with Crippen LogP contribution in [0.1, 0.15) is 72.6 Å². The third kappa shape index (κ3) is 10.6. The van der Waals surface area contributed by atoms with E-state index in [0.29, 0.717) is 0 Å². The van der Waals surface area contributed by atoms with Crippen LogP contribution in [0.15, 0.2) is 9.67 Å². The van der Waals surface area contributed by atoms with Gasteiger partial charge in [-0.05, 0) is 0 Å². The summed E-state index contributed by atoms with van der Waals surface area (Å²) in [7, 11) is -1.05. The Bertz CT molecular complexity index is 324. The summed E-state index contributed by atoms with van der Waals surface area (Å²) in [6, 6.07) is 1.24. The van der Waals surface area contributed by atoms with Gasteiger partial charge in [0.2, 0.25) is 0 Å². The van der Waals surface area contributed by atoms with Crippen LogP contribution in [0.2, 0.25) is 39.0 Å². The summed E-state index contributed by atoms with van der Waals surface area (Å²) < 4.78 is 6.21. The zero-order chi connectivity index (χ0) is 18.6. The first-order valence-corrected chi connectivity index (χ1v) is 21.8. The molecule has 0 rings (SSSR count). The van der Waals surface area contributed by atoms with Crippen LogP contribution in [0.5, 0.6) is 0 Å². The molecule has 0 amide bonds. The molecule has 0 fully saturated rings. The number of hydrogen-bond acceptors (Lipinski definition) is 1. The maximum atomic E-state index is 10.6. The molecule has 0 aromatic heterocycles. The number of aliphatic hydroxyl groups is 1. The van der Waals surface area contributed by atoms with Crippen LogP contribution >= 0.6 is 0 Å². The van der Waals surface area contributed by atoms with Gasteiger partial charge in [0.15, 0.2) is 0 Å². The second-order valence-electron chi connectivity index (χ2n) is 9.11.